The van der Waals surface area contributed by atoms with Gasteiger partial charge in [0.2, 0.25) is 5.91 Å². The van der Waals surface area contributed by atoms with Crippen LogP contribution in [-0.2, 0) is 4.79 Å². The van der Waals surface area contributed by atoms with Gasteiger partial charge < -0.3 is 10.6 Å². The second kappa shape index (κ2) is 6.79. The van der Waals surface area contributed by atoms with Crippen molar-refractivity contribution in [3.05, 3.63) is 29.8 Å². The Morgan fingerprint density at radius 1 is 1.28 bits per heavy atom. The van der Waals surface area contributed by atoms with Gasteiger partial charge in [-0.05, 0) is 31.5 Å². The second-order valence-corrected chi connectivity index (χ2v) is 4.27. The minimum Gasteiger partial charge on any atom is -0.350 e. The zero-order chi connectivity index (χ0) is 13.5. The van der Waals surface area contributed by atoms with Crippen LogP contribution in [-0.4, -0.2) is 17.9 Å². The number of hydrogen-bond donors (Lipinski definition) is 2. The third-order valence-electron chi connectivity index (χ3n) is 2.72. The van der Waals surface area contributed by atoms with Gasteiger partial charge in [0.05, 0.1) is 0 Å². The van der Waals surface area contributed by atoms with Crippen molar-refractivity contribution in [3.8, 4) is 0 Å². The van der Waals surface area contributed by atoms with Gasteiger partial charge in [-0.25, -0.2) is 0 Å². The molecule has 0 aromatic heterocycles. The summed E-state index contributed by atoms with van der Waals surface area (Å²) in [5.74, 6) is -0.175. The van der Waals surface area contributed by atoms with Crippen molar-refractivity contribution < 1.29 is 9.59 Å². The number of anilines is 1. The molecule has 0 fully saturated rings. The predicted molar refractivity (Wildman–Crippen MR) is 72.6 cm³/mol. The highest BCUT2D eigenvalue weighted by atomic mass is 16.2. The summed E-state index contributed by atoms with van der Waals surface area (Å²) >= 11 is 0. The molecule has 0 saturated heterocycles. The van der Waals surface area contributed by atoms with E-state index in [0.717, 1.165) is 6.42 Å². The summed E-state index contributed by atoms with van der Waals surface area (Å²) in [7, 11) is 0. The summed E-state index contributed by atoms with van der Waals surface area (Å²) in [5, 5.41) is 5.62. The molecule has 2 N–H and O–H groups in total. The second-order valence-electron chi connectivity index (χ2n) is 4.27. The molecular weight excluding hydrogens is 228 g/mol. The summed E-state index contributed by atoms with van der Waals surface area (Å²) in [6, 6.07) is 7.10. The maximum atomic E-state index is 11.9. The number of rotatable bonds is 5. The van der Waals surface area contributed by atoms with Crippen LogP contribution < -0.4 is 10.6 Å². The predicted octanol–water partition coefficient (Wildman–Crippen LogP) is 2.56. The molecule has 0 radical (unpaired) electrons. The first-order valence-electron chi connectivity index (χ1n) is 6.27. The topological polar surface area (TPSA) is 58.2 Å². The van der Waals surface area contributed by atoms with Gasteiger partial charge in [0.15, 0.2) is 0 Å². The molecular formula is C14H20N2O2. The van der Waals surface area contributed by atoms with Gasteiger partial charge in [-0.15, -0.1) is 0 Å². The SMILES string of the molecule is CCC(=O)Nc1cccc(C(=O)NC(C)CC)c1. The lowest BCUT2D eigenvalue weighted by Gasteiger charge is -2.12. The van der Waals surface area contributed by atoms with Gasteiger partial charge in [0, 0.05) is 23.7 Å². The quantitative estimate of drug-likeness (QED) is 0.841. The number of hydrogen-bond acceptors (Lipinski definition) is 2. The largest absolute Gasteiger partial charge is 0.350 e. The van der Waals surface area contributed by atoms with Crippen LogP contribution >= 0.6 is 0 Å². The molecule has 0 aliphatic carbocycles. The van der Waals surface area contributed by atoms with Gasteiger partial charge >= 0.3 is 0 Å². The van der Waals surface area contributed by atoms with E-state index in [1.165, 1.54) is 0 Å². The fourth-order valence-electron chi connectivity index (χ4n) is 1.40. The minimum absolute atomic E-state index is 0.0607. The Balaban J connectivity index is 2.75. The average molecular weight is 248 g/mol. The van der Waals surface area contributed by atoms with Crippen LogP contribution in [0.25, 0.3) is 0 Å². The average Bonchev–Trinajstić information content (AvgIpc) is 2.38. The number of carbonyl (C=O) groups excluding carboxylic acids is 2. The van der Waals surface area contributed by atoms with E-state index in [0.29, 0.717) is 17.7 Å². The molecule has 0 heterocycles. The van der Waals surface area contributed by atoms with Crippen LogP contribution in [0.3, 0.4) is 0 Å². The van der Waals surface area contributed by atoms with Crippen molar-refractivity contribution in [3.63, 3.8) is 0 Å². The van der Waals surface area contributed by atoms with E-state index >= 15 is 0 Å². The summed E-state index contributed by atoms with van der Waals surface area (Å²) < 4.78 is 0. The molecule has 0 spiro atoms. The zero-order valence-corrected chi connectivity index (χ0v) is 11.1. The standard InChI is InChI=1S/C14H20N2O2/c1-4-10(3)15-14(18)11-7-6-8-12(9-11)16-13(17)5-2/h6-10H,4-5H2,1-3H3,(H,15,18)(H,16,17). The Morgan fingerprint density at radius 3 is 2.61 bits per heavy atom. The first-order chi connectivity index (χ1) is 8.56. The van der Waals surface area contributed by atoms with E-state index in [2.05, 4.69) is 10.6 Å². The molecule has 4 nitrogen and oxygen atoms in total. The number of nitrogens with one attached hydrogen (secondary N) is 2. The highest BCUT2D eigenvalue weighted by molar-refractivity contribution is 5.97. The molecule has 4 heteroatoms. The molecule has 1 unspecified atom stereocenters. The first-order valence-corrected chi connectivity index (χ1v) is 6.27. The van der Waals surface area contributed by atoms with E-state index in [1.807, 2.05) is 13.8 Å². The number of carbonyl (C=O) groups is 2. The van der Waals surface area contributed by atoms with Gasteiger partial charge in [-0.3, -0.25) is 9.59 Å². The summed E-state index contributed by atoms with van der Waals surface area (Å²) in [4.78, 5) is 23.2. The lowest BCUT2D eigenvalue weighted by Crippen LogP contribution is -2.31. The van der Waals surface area contributed by atoms with Crippen LogP contribution in [0, 0.1) is 0 Å². The monoisotopic (exact) mass is 248 g/mol. The van der Waals surface area contributed by atoms with Crippen molar-refractivity contribution in [2.45, 2.75) is 39.7 Å². The maximum Gasteiger partial charge on any atom is 0.251 e. The Morgan fingerprint density at radius 2 is 2.00 bits per heavy atom. The van der Waals surface area contributed by atoms with E-state index in [9.17, 15) is 9.59 Å². The fourth-order valence-corrected chi connectivity index (χ4v) is 1.40. The molecule has 0 bridgehead atoms. The van der Waals surface area contributed by atoms with Crippen LogP contribution in [0.5, 0.6) is 0 Å². The zero-order valence-electron chi connectivity index (χ0n) is 11.1. The van der Waals surface area contributed by atoms with Gasteiger partial charge in [0.25, 0.3) is 5.91 Å². The van der Waals surface area contributed by atoms with Gasteiger partial charge in [0.1, 0.15) is 0 Å². The fraction of sp³-hybridized carbons (Fsp3) is 0.429. The minimum atomic E-state index is -0.114. The van der Waals surface area contributed by atoms with E-state index in [1.54, 1.807) is 31.2 Å². The Labute approximate surface area is 108 Å². The van der Waals surface area contributed by atoms with E-state index in [-0.39, 0.29) is 17.9 Å². The summed E-state index contributed by atoms with van der Waals surface area (Å²) in [6.07, 6.45) is 1.31. The van der Waals surface area contributed by atoms with Crippen molar-refractivity contribution in [2.75, 3.05) is 5.32 Å². The lowest BCUT2D eigenvalue weighted by atomic mass is 10.1. The third-order valence-corrected chi connectivity index (χ3v) is 2.72. The van der Waals surface area contributed by atoms with Crippen molar-refractivity contribution >= 4 is 17.5 Å². The number of amides is 2. The van der Waals surface area contributed by atoms with Crippen LogP contribution in [0.4, 0.5) is 5.69 Å². The van der Waals surface area contributed by atoms with Crippen molar-refractivity contribution in [1.82, 2.24) is 5.32 Å². The Kier molecular flexibility index (Phi) is 5.36. The molecule has 98 valence electrons. The number of benzene rings is 1. The maximum absolute atomic E-state index is 11.9. The van der Waals surface area contributed by atoms with E-state index in [4.69, 9.17) is 0 Å². The molecule has 0 saturated carbocycles. The Bertz CT molecular complexity index is 430. The van der Waals surface area contributed by atoms with Gasteiger partial charge in [-0.2, -0.15) is 0 Å². The molecule has 1 atom stereocenters. The molecule has 0 aliphatic heterocycles. The lowest BCUT2D eigenvalue weighted by molar-refractivity contribution is -0.115. The van der Waals surface area contributed by atoms with Crippen LogP contribution in [0.15, 0.2) is 24.3 Å². The highest BCUT2D eigenvalue weighted by Gasteiger charge is 2.09. The first kappa shape index (κ1) is 14.2. The van der Waals surface area contributed by atoms with Crippen LogP contribution in [0.2, 0.25) is 0 Å². The molecule has 18 heavy (non-hydrogen) atoms. The van der Waals surface area contributed by atoms with Crippen molar-refractivity contribution in [2.24, 2.45) is 0 Å². The normalized spacial score (nSPS) is 11.7. The molecule has 2 amide bonds. The molecule has 1 aromatic carbocycles. The molecule has 0 aliphatic rings. The molecule has 1 rings (SSSR count). The summed E-state index contributed by atoms with van der Waals surface area (Å²) in [5.41, 5.74) is 1.21. The van der Waals surface area contributed by atoms with E-state index < -0.39 is 0 Å². The van der Waals surface area contributed by atoms with Gasteiger partial charge in [-0.1, -0.05) is 19.9 Å². The van der Waals surface area contributed by atoms with Crippen LogP contribution in [0.1, 0.15) is 44.0 Å². The third kappa shape index (κ3) is 4.20. The highest BCUT2D eigenvalue weighted by Crippen LogP contribution is 2.11. The smallest absolute Gasteiger partial charge is 0.251 e. The summed E-state index contributed by atoms with van der Waals surface area (Å²) in [6.45, 7) is 5.76. The molecule has 1 aromatic rings. The van der Waals surface area contributed by atoms with Crippen molar-refractivity contribution in [1.29, 1.82) is 0 Å². The Hall–Kier alpha value is -1.84.